The van der Waals surface area contributed by atoms with E-state index in [2.05, 4.69) is 36.1 Å². The molecule has 3 nitrogen and oxygen atoms in total. The number of phenols is 1. The standard InChI is InChI=1S/C28H24ClFN2OS/c1-20-7-5-12-25(15-20)34-28(31-23-13-14-27(30)26(29)17-23)32(18-21-8-3-2-4-9-21)19-22-10-6-11-24(33)16-22/h2-17,33H,18-19H2,1H3. The third-order valence-corrected chi connectivity index (χ3v) is 6.41. The normalized spacial score (nSPS) is 11.4. The fraction of sp³-hybridized carbons (Fsp3) is 0.107. The van der Waals surface area contributed by atoms with E-state index in [4.69, 9.17) is 16.6 Å². The number of aliphatic imine (C=N–C) groups is 1. The molecule has 4 aromatic carbocycles. The molecule has 34 heavy (non-hydrogen) atoms. The van der Waals surface area contributed by atoms with Crippen LogP contribution in [0.2, 0.25) is 5.02 Å². The van der Waals surface area contributed by atoms with Gasteiger partial charge in [-0.25, -0.2) is 9.38 Å². The number of aryl methyl sites for hydroxylation is 1. The number of amidine groups is 1. The van der Waals surface area contributed by atoms with Gasteiger partial charge in [0.15, 0.2) is 5.17 Å². The number of halogens is 2. The molecule has 0 radical (unpaired) electrons. The average molecular weight is 491 g/mol. The molecule has 4 aromatic rings. The van der Waals surface area contributed by atoms with Crippen LogP contribution in [0.15, 0.2) is 107 Å². The zero-order chi connectivity index (χ0) is 23.9. The number of hydrogen-bond donors (Lipinski definition) is 1. The van der Waals surface area contributed by atoms with Crippen molar-refractivity contribution in [1.82, 2.24) is 4.90 Å². The average Bonchev–Trinajstić information content (AvgIpc) is 2.81. The van der Waals surface area contributed by atoms with Crippen molar-refractivity contribution in [2.75, 3.05) is 0 Å². The first-order valence-corrected chi connectivity index (χ1v) is 12.0. The monoisotopic (exact) mass is 490 g/mol. The lowest BCUT2D eigenvalue weighted by Gasteiger charge is -2.26. The van der Waals surface area contributed by atoms with Crippen LogP contribution in [0.4, 0.5) is 10.1 Å². The molecule has 0 amide bonds. The first-order chi connectivity index (χ1) is 16.5. The van der Waals surface area contributed by atoms with Crippen molar-refractivity contribution in [1.29, 1.82) is 0 Å². The van der Waals surface area contributed by atoms with Crippen LogP contribution in [-0.4, -0.2) is 15.2 Å². The van der Waals surface area contributed by atoms with Gasteiger partial charge in [0.25, 0.3) is 0 Å². The van der Waals surface area contributed by atoms with Gasteiger partial charge in [0, 0.05) is 18.0 Å². The Morgan fingerprint density at radius 3 is 2.35 bits per heavy atom. The largest absolute Gasteiger partial charge is 0.508 e. The maximum atomic E-state index is 13.8. The highest BCUT2D eigenvalue weighted by atomic mass is 35.5. The van der Waals surface area contributed by atoms with Crippen LogP contribution < -0.4 is 0 Å². The van der Waals surface area contributed by atoms with Crippen molar-refractivity contribution in [2.45, 2.75) is 24.9 Å². The van der Waals surface area contributed by atoms with Crippen molar-refractivity contribution < 1.29 is 9.50 Å². The first kappa shape index (κ1) is 23.9. The van der Waals surface area contributed by atoms with Crippen molar-refractivity contribution in [3.05, 3.63) is 125 Å². The molecule has 0 aliphatic carbocycles. The molecule has 0 bridgehead atoms. The molecule has 0 heterocycles. The Morgan fingerprint density at radius 1 is 0.882 bits per heavy atom. The second-order valence-corrected chi connectivity index (χ2v) is 9.37. The molecular formula is C28H24ClFN2OS. The molecule has 0 spiro atoms. The molecule has 172 valence electrons. The molecule has 0 saturated carbocycles. The van der Waals surface area contributed by atoms with Gasteiger partial charge >= 0.3 is 0 Å². The van der Waals surface area contributed by atoms with E-state index in [1.54, 1.807) is 18.2 Å². The van der Waals surface area contributed by atoms with Gasteiger partial charge in [0.1, 0.15) is 11.6 Å². The summed E-state index contributed by atoms with van der Waals surface area (Å²) in [7, 11) is 0. The minimum absolute atomic E-state index is 0.0312. The van der Waals surface area contributed by atoms with E-state index in [1.807, 2.05) is 42.5 Å². The van der Waals surface area contributed by atoms with E-state index < -0.39 is 5.82 Å². The molecule has 1 N–H and O–H groups in total. The Bertz CT molecular complexity index is 1300. The van der Waals surface area contributed by atoms with Gasteiger partial charge in [-0.15, -0.1) is 0 Å². The maximum absolute atomic E-state index is 13.8. The van der Waals surface area contributed by atoms with E-state index in [-0.39, 0.29) is 10.8 Å². The maximum Gasteiger partial charge on any atom is 0.169 e. The Hall–Kier alpha value is -3.28. The number of nitrogens with zero attached hydrogens (tertiary/aromatic N) is 2. The van der Waals surface area contributed by atoms with E-state index in [1.165, 1.54) is 23.9 Å². The van der Waals surface area contributed by atoms with E-state index >= 15 is 0 Å². The lowest BCUT2D eigenvalue weighted by molar-refractivity contribution is 0.412. The van der Waals surface area contributed by atoms with Crippen LogP contribution in [0.1, 0.15) is 16.7 Å². The van der Waals surface area contributed by atoms with E-state index in [0.717, 1.165) is 26.8 Å². The van der Waals surface area contributed by atoms with E-state index in [9.17, 15) is 9.50 Å². The molecular weight excluding hydrogens is 467 g/mol. The zero-order valence-corrected chi connectivity index (χ0v) is 20.2. The highest BCUT2D eigenvalue weighted by Gasteiger charge is 2.16. The quantitative estimate of drug-likeness (QED) is 0.169. The van der Waals surface area contributed by atoms with Crippen molar-refractivity contribution in [3.8, 4) is 5.75 Å². The van der Waals surface area contributed by atoms with Crippen molar-refractivity contribution in [2.24, 2.45) is 4.99 Å². The summed E-state index contributed by atoms with van der Waals surface area (Å²) in [6.45, 7) is 3.17. The molecule has 0 atom stereocenters. The second-order valence-electron chi connectivity index (χ2n) is 7.92. The van der Waals surface area contributed by atoms with E-state index in [0.29, 0.717) is 18.8 Å². The smallest absolute Gasteiger partial charge is 0.169 e. The van der Waals surface area contributed by atoms with Crippen LogP contribution in [-0.2, 0) is 13.1 Å². The summed E-state index contributed by atoms with van der Waals surface area (Å²) in [6, 6.07) is 30.0. The number of hydrogen-bond acceptors (Lipinski definition) is 3. The number of rotatable bonds is 6. The van der Waals surface area contributed by atoms with Crippen LogP contribution in [0, 0.1) is 12.7 Å². The lowest BCUT2D eigenvalue weighted by atomic mass is 10.1. The third kappa shape index (κ3) is 6.62. The minimum atomic E-state index is -0.477. The molecule has 0 aliphatic rings. The summed E-state index contributed by atoms with van der Waals surface area (Å²) in [5, 5.41) is 10.8. The van der Waals surface area contributed by atoms with Crippen molar-refractivity contribution in [3.63, 3.8) is 0 Å². The molecule has 0 fully saturated rings. The predicted octanol–water partition coefficient (Wildman–Crippen LogP) is 7.98. The number of aromatic hydroxyl groups is 1. The number of phenolic OH excluding ortho intramolecular Hbond substituents is 1. The van der Waals surface area contributed by atoms with Crippen LogP contribution in [0.5, 0.6) is 5.75 Å². The SMILES string of the molecule is Cc1cccc(SC(=Nc2ccc(F)c(Cl)c2)N(Cc2ccccc2)Cc2cccc(O)c2)c1. The Kier molecular flexibility index (Phi) is 7.88. The molecule has 4 rings (SSSR count). The molecule has 0 saturated heterocycles. The molecule has 0 unspecified atom stereocenters. The molecule has 0 aromatic heterocycles. The Balaban J connectivity index is 1.77. The summed E-state index contributed by atoms with van der Waals surface area (Å²) in [4.78, 5) is 8.08. The van der Waals surface area contributed by atoms with Gasteiger partial charge in [-0.3, -0.25) is 0 Å². The number of benzene rings is 4. The molecule has 6 heteroatoms. The first-order valence-electron chi connectivity index (χ1n) is 10.8. The van der Waals surface area contributed by atoms with Gasteiger partial charge in [-0.2, -0.15) is 0 Å². The van der Waals surface area contributed by atoms with Gasteiger partial charge in [0.05, 0.1) is 10.7 Å². The minimum Gasteiger partial charge on any atom is -0.508 e. The summed E-state index contributed by atoms with van der Waals surface area (Å²) < 4.78 is 13.8. The van der Waals surface area contributed by atoms with Crippen LogP contribution in [0.3, 0.4) is 0 Å². The van der Waals surface area contributed by atoms with Gasteiger partial charge in [0.2, 0.25) is 0 Å². The third-order valence-electron chi connectivity index (χ3n) is 5.10. The highest BCUT2D eigenvalue weighted by Crippen LogP contribution is 2.29. The highest BCUT2D eigenvalue weighted by molar-refractivity contribution is 8.13. The Labute approximate surface area is 208 Å². The van der Waals surface area contributed by atoms with Crippen LogP contribution in [0.25, 0.3) is 0 Å². The topological polar surface area (TPSA) is 35.8 Å². The van der Waals surface area contributed by atoms with Gasteiger partial charge in [-0.1, -0.05) is 83.5 Å². The van der Waals surface area contributed by atoms with Gasteiger partial charge in [-0.05, 0) is 60.5 Å². The predicted molar refractivity (Wildman–Crippen MR) is 139 cm³/mol. The van der Waals surface area contributed by atoms with Crippen LogP contribution >= 0.6 is 23.4 Å². The Morgan fingerprint density at radius 2 is 1.62 bits per heavy atom. The second kappa shape index (κ2) is 11.2. The lowest BCUT2D eigenvalue weighted by Crippen LogP contribution is -2.28. The summed E-state index contributed by atoms with van der Waals surface area (Å²) in [6.07, 6.45) is 0. The summed E-state index contributed by atoms with van der Waals surface area (Å²) in [5.41, 5.74) is 3.79. The fourth-order valence-electron chi connectivity index (χ4n) is 3.48. The van der Waals surface area contributed by atoms with Gasteiger partial charge < -0.3 is 10.0 Å². The zero-order valence-electron chi connectivity index (χ0n) is 18.7. The number of thioether (sulfide) groups is 1. The summed E-state index contributed by atoms with van der Waals surface area (Å²) in [5.74, 6) is -0.262. The fourth-order valence-corrected chi connectivity index (χ4v) is 4.66. The molecule has 0 aliphatic heterocycles. The summed E-state index contributed by atoms with van der Waals surface area (Å²) >= 11 is 7.58. The van der Waals surface area contributed by atoms with Crippen molar-refractivity contribution >= 4 is 34.2 Å².